The van der Waals surface area contributed by atoms with Crippen LogP contribution >= 0.6 is 0 Å². The number of alkyl halides is 3. The number of ether oxygens (including phenoxy) is 2. The predicted molar refractivity (Wildman–Crippen MR) is 180 cm³/mol. The number of benzene rings is 1. The van der Waals surface area contributed by atoms with Crippen LogP contribution in [-0.4, -0.2) is 81.3 Å². The Labute approximate surface area is 293 Å². The molecule has 2 fully saturated rings. The molecule has 0 bridgehead atoms. The second-order valence-electron chi connectivity index (χ2n) is 13.9. The number of aromatic nitrogens is 4. The Hall–Kier alpha value is -4.68. The zero-order valence-electron chi connectivity index (χ0n) is 28.9. The Kier molecular flexibility index (Phi) is 8.95. The van der Waals surface area contributed by atoms with Gasteiger partial charge in [-0.2, -0.15) is 28.2 Å². The molecule has 2 atom stereocenters. The van der Waals surface area contributed by atoms with Gasteiger partial charge in [0.05, 0.1) is 47.4 Å². The summed E-state index contributed by atoms with van der Waals surface area (Å²) in [6.45, 7) is 8.95. The quantitative estimate of drug-likeness (QED) is 0.166. The van der Waals surface area contributed by atoms with Gasteiger partial charge in [-0.25, -0.2) is 4.39 Å². The van der Waals surface area contributed by atoms with E-state index in [1.807, 2.05) is 9.58 Å². The van der Waals surface area contributed by atoms with E-state index in [-0.39, 0.29) is 30.5 Å². The molecule has 1 unspecified atom stereocenters. The van der Waals surface area contributed by atoms with E-state index in [9.17, 15) is 18.0 Å². The lowest BCUT2D eigenvalue weighted by Crippen LogP contribution is -2.43. The topological polar surface area (TPSA) is 115 Å². The van der Waals surface area contributed by atoms with Crippen molar-refractivity contribution in [2.24, 2.45) is 0 Å². The molecule has 6 heterocycles. The summed E-state index contributed by atoms with van der Waals surface area (Å²) >= 11 is 0. The Morgan fingerprint density at radius 3 is 2.75 bits per heavy atom. The molecule has 1 aromatic carbocycles. The molecular formula is C36H40F4N8O3. The van der Waals surface area contributed by atoms with E-state index in [1.54, 1.807) is 20.2 Å². The highest BCUT2D eigenvalue weighted by Gasteiger charge is 2.47. The molecule has 0 aliphatic carbocycles. The van der Waals surface area contributed by atoms with Crippen LogP contribution in [0.15, 0.2) is 24.3 Å². The van der Waals surface area contributed by atoms with Crippen LogP contribution in [-0.2, 0) is 37.0 Å². The minimum atomic E-state index is -4.93. The van der Waals surface area contributed by atoms with Crippen molar-refractivity contribution in [3.8, 4) is 17.9 Å². The van der Waals surface area contributed by atoms with Gasteiger partial charge in [-0.05, 0) is 51.3 Å². The summed E-state index contributed by atoms with van der Waals surface area (Å²) in [5.74, 6) is 4.00. The summed E-state index contributed by atoms with van der Waals surface area (Å²) in [7, 11) is 3.33. The molecule has 0 radical (unpaired) electrons. The molecule has 3 aromatic rings. The molecule has 2 N–H and O–H groups in total. The Morgan fingerprint density at radius 1 is 1.20 bits per heavy atom. The van der Waals surface area contributed by atoms with Gasteiger partial charge in [0.15, 0.2) is 11.5 Å². The van der Waals surface area contributed by atoms with Crippen LogP contribution in [0.25, 0.3) is 0 Å². The van der Waals surface area contributed by atoms with Gasteiger partial charge in [0.2, 0.25) is 0 Å². The molecule has 15 heteroatoms. The third-order valence-electron chi connectivity index (χ3n) is 10.2. The Balaban J connectivity index is 1.29. The summed E-state index contributed by atoms with van der Waals surface area (Å²) < 4.78 is 73.7. The van der Waals surface area contributed by atoms with Crippen LogP contribution in [0.2, 0.25) is 0 Å². The van der Waals surface area contributed by atoms with Gasteiger partial charge in [0.1, 0.15) is 12.4 Å². The maximum absolute atomic E-state index is 15.7. The number of hydrogen-bond donors (Lipinski definition) is 1. The van der Waals surface area contributed by atoms with Gasteiger partial charge in [-0.1, -0.05) is 18.1 Å². The largest absolute Gasteiger partial charge is 0.461 e. The number of nitrogen functional groups attached to an aromatic ring is 1. The van der Waals surface area contributed by atoms with E-state index in [1.165, 1.54) is 11.8 Å². The molecule has 51 heavy (non-hydrogen) atoms. The Bertz CT molecular complexity index is 1970. The van der Waals surface area contributed by atoms with Crippen LogP contribution in [0, 0.1) is 17.7 Å². The number of rotatable bonds is 6. The molecule has 7 rings (SSSR count). The van der Waals surface area contributed by atoms with E-state index >= 15 is 4.39 Å². The van der Waals surface area contributed by atoms with Crippen molar-refractivity contribution in [2.45, 2.75) is 76.5 Å². The number of fused-ring (bicyclic) bond motifs is 3. The molecule has 2 aromatic heterocycles. The summed E-state index contributed by atoms with van der Waals surface area (Å²) in [5, 5.41) is 4.54. The number of halogens is 4. The molecule has 0 spiro atoms. The number of nitrogens with zero attached hydrogens (tertiary/aromatic N) is 7. The van der Waals surface area contributed by atoms with Gasteiger partial charge in [0.25, 0.3) is 5.91 Å². The predicted octanol–water partition coefficient (Wildman–Crippen LogP) is 4.88. The van der Waals surface area contributed by atoms with Crippen molar-refractivity contribution in [2.75, 3.05) is 51.0 Å². The van der Waals surface area contributed by atoms with Crippen molar-refractivity contribution in [1.82, 2.24) is 29.5 Å². The van der Waals surface area contributed by atoms with Crippen LogP contribution in [0.1, 0.15) is 82.8 Å². The van der Waals surface area contributed by atoms with Gasteiger partial charge in [-0.15, -0.1) is 5.92 Å². The number of aryl methyl sites for hydroxylation is 1. The first-order valence-corrected chi connectivity index (χ1v) is 17.0. The molecule has 0 saturated carbocycles. The maximum atomic E-state index is 15.7. The highest BCUT2D eigenvalue weighted by atomic mass is 19.4. The number of hydrogen-bond acceptors (Lipinski definition) is 9. The number of nitrogens with two attached hydrogens (primary N) is 1. The lowest BCUT2D eigenvalue weighted by Gasteiger charge is -2.33. The first-order chi connectivity index (χ1) is 24.3. The normalized spacial score (nSPS) is 21.7. The third-order valence-corrected chi connectivity index (χ3v) is 10.2. The fraction of sp³-hybridized carbons (Fsp3) is 0.500. The van der Waals surface area contributed by atoms with E-state index in [0.29, 0.717) is 55.4 Å². The molecule has 11 nitrogen and oxygen atoms in total. The lowest BCUT2D eigenvalue weighted by atomic mass is 9.91. The van der Waals surface area contributed by atoms with Gasteiger partial charge < -0.3 is 25.0 Å². The maximum Gasteiger partial charge on any atom is 0.418 e. The Morgan fingerprint density at radius 2 is 2.00 bits per heavy atom. The highest BCUT2D eigenvalue weighted by molar-refractivity contribution is 5.92. The molecule has 4 aliphatic rings. The second kappa shape index (κ2) is 13.1. The van der Waals surface area contributed by atoms with Crippen molar-refractivity contribution < 1.29 is 31.8 Å². The van der Waals surface area contributed by atoms with Crippen LogP contribution in [0.5, 0.6) is 6.01 Å². The van der Waals surface area contributed by atoms with E-state index < -0.39 is 40.5 Å². The second-order valence-corrected chi connectivity index (χ2v) is 13.9. The first kappa shape index (κ1) is 34.8. The van der Waals surface area contributed by atoms with E-state index in [0.717, 1.165) is 49.7 Å². The van der Waals surface area contributed by atoms with E-state index in [2.05, 4.69) is 28.4 Å². The van der Waals surface area contributed by atoms with Crippen LogP contribution in [0.4, 0.5) is 29.1 Å². The highest BCUT2D eigenvalue weighted by Crippen LogP contribution is 2.45. The standard InChI is InChI=1S/C36H40F4N8O3/c1-5-8-22-13-25(41)31(37)29(30(22)36(38,39)40)28-15-26-24(19-50-28)32(43-34(42-26)51-20-35-9-6-11-47(35)17-21(2)16-35)46-10-7-12-48-23(18-46)14-27(44-48)33(49)45(3)4/h13-14,28H,2,6-7,9-12,15-20,41H2,1,3-4H3/t28?,35-/m1/s1. The van der Waals surface area contributed by atoms with Crippen LogP contribution < -0.4 is 15.4 Å². The smallest absolute Gasteiger partial charge is 0.418 e. The minimum absolute atomic E-state index is 0.0750. The average molecular weight is 709 g/mol. The minimum Gasteiger partial charge on any atom is -0.461 e. The van der Waals surface area contributed by atoms with Crippen molar-refractivity contribution >= 4 is 17.4 Å². The lowest BCUT2D eigenvalue weighted by molar-refractivity contribution is -0.140. The van der Waals surface area contributed by atoms with Crippen molar-refractivity contribution in [3.05, 3.63) is 69.4 Å². The van der Waals surface area contributed by atoms with Gasteiger partial charge in [0, 0.05) is 56.8 Å². The monoisotopic (exact) mass is 708 g/mol. The first-order valence-electron chi connectivity index (χ1n) is 17.0. The fourth-order valence-corrected chi connectivity index (χ4v) is 7.91. The van der Waals surface area contributed by atoms with Gasteiger partial charge in [-0.3, -0.25) is 14.4 Å². The zero-order valence-corrected chi connectivity index (χ0v) is 28.9. The number of carbonyl (C=O) groups is 1. The number of amides is 1. The summed E-state index contributed by atoms with van der Waals surface area (Å²) in [6.07, 6.45) is -3.05. The average Bonchev–Trinajstić information content (AvgIpc) is 3.70. The van der Waals surface area contributed by atoms with Crippen molar-refractivity contribution in [3.63, 3.8) is 0 Å². The summed E-state index contributed by atoms with van der Waals surface area (Å²) in [6, 6.07) is 2.74. The van der Waals surface area contributed by atoms with Crippen molar-refractivity contribution in [1.29, 1.82) is 0 Å². The van der Waals surface area contributed by atoms with Gasteiger partial charge >= 0.3 is 12.2 Å². The molecule has 270 valence electrons. The number of carbonyl (C=O) groups excluding carboxylic acids is 1. The molecule has 2 saturated heterocycles. The summed E-state index contributed by atoms with van der Waals surface area (Å²) in [4.78, 5) is 28.2. The zero-order chi connectivity index (χ0) is 36.2. The molecule has 4 aliphatic heterocycles. The van der Waals surface area contributed by atoms with E-state index in [4.69, 9.17) is 25.2 Å². The SMILES string of the molecule is C=C1CN2CCC[C@]2(COc2nc3c(c(N4CCCn5nc(C(=O)N(C)C)cc5C4)n2)COC(c2c(F)c(N)cc(C#CC)c2C(F)(F)F)C3)C1. The molecular weight excluding hydrogens is 668 g/mol. The third kappa shape index (κ3) is 6.40. The molecule has 1 amide bonds. The number of anilines is 2. The fourth-order valence-electron chi connectivity index (χ4n) is 7.91. The summed E-state index contributed by atoms with van der Waals surface area (Å²) in [5.41, 5.74) is 6.09. The van der Waals surface area contributed by atoms with Crippen LogP contribution in [0.3, 0.4) is 0 Å².